The predicted octanol–water partition coefficient (Wildman–Crippen LogP) is 7.98. The second kappa shape index (κ2) is 13.9. The second-order valence-corrected chi connectivity index (χ2v) is 16.9. The summed E-state index contributed by atoms with van der Waals surface area (Å²) >= 11 is 6.26. The summed E-state index contributed by atoms with van der Waals surface area (Å²) in [7, 11) is -3.64. The van der Waals surface area contributed by atoms with Gasteiger partial charge in [0.1, 0.15) is 5.82 Å². The third-order valence-corrected chi connectivity index (χ3v) is 14.4. The molecule has 1 unspecified atom stereocenters. The largest absolute Gasteiger partial charge is 0.343 e. The van der Waals surface area contributed by atoms with Crippen molar-refractivity contribution < 1.29 is 17.6 Å². The van der Waals surface area contributed by atoms with E-state index in [0.29, 0.717) is 41.3 Å². The van der Waals surface area contributed by atoms with Gasteiger partial charge in [-0.15, -0.1) is 0 Å². The SMILES string of the molecule is Cc1cc(S(=O)(=O)N2CCCCC2CCCC(=O)N2CCC3(CC2)CCC(c2cccc(F)c2)(N2CCCC2)CC3)c(C)cc1Cl. The fraction of sp³-hybridized carbons (Fsp3) is 0.649. The van der Waals surface area contributed by atoms with Gasteiger partial charge < -0.3 is 4.90 Å². The minimum Gasteiger partial charge on any atom is -0.343 e. The molecule has 252 valence electrons. The first-order valence-electron chi connectivity index (χ1n) is 17.6. The number of nitrogens with zero attached hydrogens (tertiary/aromatic N) is 3. The molecule has 9 heteroatoms. The molecule has 1 atom stereocenters. The monoisotopic (exact) mass is 671 g/mol. The molecule has 6 rings (SSSR count). The average Bonchev–Trinajstić information content (AvgIpc) is 3.60. The Morgan fingerprint density at radius 1 is 0.891 bits per heavy atom. The fourth-order valence-electron chi connectivity index (χ4n) is 9.02. The zero-order valence-electron chi connectivity index (χ0n) is 27.7. The standard InChI is InChI=1S/C37H51ClFN3O3S/c1-28-26-34(29(2)25-33(28)38)46(44,45)42-22-4-3-11-32(42)12-8-13-35(43)40-23-18-36(19-24-40)14-16-37(17-15-36,41-20-5-6-21-41)30-9-7-10-31(39)27-30/h7,9-10,25-27,32H,3-6,8,11-24H2,1-2H3. The number of hydrogen-bond donors (Lipinski definition) is 0. The molecule has 1 saturated carbocycles. The number of carbonyl (C=O) groups is 1. The van der Waals surface area contributed by atoms with Crippen LogP contribution in [-0.4, -0.2) is 67.2 Å². The van der Waals surface area contributed by atoms with Crippen molar-refractivity contribution in [3.05, 3.63) is 63.9 Å². The van der Waals surface area contributed by atoms with Crippen molar-refractivity contribution in [1.29, 1.82) is 0 Å². The van der Waals surface area contributed by atoms with E-state index in [1.807, 2.05) is 13.0 Å². The van der Waals surface area contributed by atoms with E-state index in [1.54, 1.807) is 35.5 Å². The van der Waals surface area contributed by atoms with Crippen LogP contribution in [0.5, 0.6) is 0 Å². The molecule has 4 aliphatic rings. The van der Waals surface area contributed by atoms with E-state index in [9.17, 15) is 17.6 Å². The molecule has 6 nitrogen and oxygen atoms in total. The third-order valence-electron chi connectivity index (χ3n) is 11.9. The van der Waals surface area contributed by atoms with Crippen LogP contribution >= 0.6 is 11.6 Å². The van der Waals surface area contributed by atoms with Crippen LogP contribution in [0.3, 0.4) is 0 Å². The van der Waals surface area contributed by atoms with Crippen molar-refractivity contribution in [1.82, 2.24) is 14.1 Å². The van der Waals surface area contributed by atoms with Crippen molar-refractivity contribution >= 4 is 27.5 Å². The molecule has 0 aromatic heterocycles. The quantitative estimate of drug-likeness (QED) is 0.286. The Kier molecular flexibility index (Phi) is 10.2. The molecule has 3 aliphatic heterocycles. The Bertz CT molecular complexity index is 1510. The van der Waals surface area contributed by atoms with Crippen LogP contribution in [0.2, 0.25) is 5.02 Å². The summed E-state index contributed by atoms with van der Waals surface area (Å²) in [5, 5.41) is 0.580. The van der Waals surface area contributed by atoms with Gasteiger partial charge in [0.15, 0.2) is 0 Å². The molecule has 2 aromatic rings. The van der Waals surface area contributed by atoms with Gasteiger partial charge in [-0.1, -0.05) is 30.2 Å². The minimum atomic E-state index is -3.64. The number of rotatable bonds is 8. The van der Waals surface area contributed by atoms with Crippen molar-refractivity contribution in [3.8, 4) is 0 Å². The van der Waals surface area contributed by atoms with E-state index in [2.05, 4.69) is 15.9 Å². The Hall–Kier alpha value is -2.00. The van der Waals surface area contributed by atoms with Gasteiger partial charge in [-0.3, -0.25) is 9.69 Å². The van der Waals surface area contributed by atoms with E-state index in [-0.39, 0.29) is 28.7 Å². The van der Waals surface area contributed by atoms with Crippen molar-refractivity contribution in [3.63, 3.8) is 0 Å². The van der Waals surface area contributed by atoms with Gasteiger partial charge in [0.05, 0.1) is 4.90 Å². The highest BCUT2D eigenvalue weighted by atomic mass is 35.5. The Morgan fingerprint density at radius 2 is 1.59 bits per heavy atom. The molecule has 4 fully saturated rings. The van der Waals surface area contributed by atoms with E-state index in [0.717, 1.165) is 95.1 Å². The highest BCUT2D eigenvalue weighted by Crippen LogP contribution is 2.53. The van der Waals surface area contributed by atoms with Crippen LogP contribution in [0, 0.1) is 25.1 Å². The lowest BCUT2D eigenvalue weighted by Gasteiger charge is -2.53. The molecule has 1 spiro atoms. The summed E-state index contributed by atoms with van der Waals surface area (Å²) in [5.41, 5.74) is 2.77. The van der Waals surface area contributed by atoms with Crippen molar-refractivity contribution in [2.24, 2.45) is 5.41 Å². The number of amides is 1. The first-order chi connectivity index (χ1) is 22.0. The van der Waals surface area contributed by atoms with Crippen LogP contribution in [0.15, 0.2) is 41.3 Å². The maximum absolute atomic E-state index is 14.3. The van der Waals surface area contributed by atoms with Gasteiger partial charge in [-0.25, -0.2) is 12.8 Å². The molecule has 1 amide bonds. The molecule has 3 saturated heterocycles. The van der Waals surface area contributed by atoms with Crippen LogP contribution in [0.1, 0.15) is 107 Å². The number of hydrogen-bond acceptors (Lipinski definition) is 4. The first-order valence-corrected chi connectivity index (χ1v) is 19.4. The molecule has 2 aromatic carbocycles. The van der Waals surface area contributed by atoms with Crippen molar-refractivity contribution in [2.75, 3.05) is 32.7 Å². The summed E-state index contributed by atoms with van der Waals surface area (Å²) in [6.45, 7) is 7.96. The van der Waals surface area contributed by atoms with Gasteiger partial charge in [-0.2, -0.15) is 4.31 Å². The molecule has 46 heavy (non-hydrogen) atoms. The minimum absolute atomic E-state index is 0.0671. The highest BCUT2D eigenvalue weighted by Gasteiger charge is 2.48. The number of likely N-dealkylation sites (tertiary alicyclic amines) is 2. The van der Waals surface area contributed by atoms with Gasteiger partial charge in [0, 0.05) is 42.7 Å². The Morgan fingerprint density at radius 3 is 2.28 bits per heavy atom. The fourth-order valence-corrected chi connectivity index (χ4v) is 11.3. The lowest BCUT2D eigenvalue weighted by atomic mass is 9.61. The molecule has 1 aliphatic carbocycles. The summed E-state index contributed by atoms with van der Waals surface area (Å²) < 4.78 is 43.6. The van der Waals surface area contributed by atoms with E-state index >= 15 is 0 Å². The van der Waals surface area contributed by atoms with Gasteiger partial charge >= 0.3 is 0 Å². The zero-order chi connectivity index (χ0) is 32.5. The summed E-state index contributed by atoms with van der Waals surface area (Å²) in [6, 6.07) is 10.7. The molecular weight excluding hydrogens is 621 g/mol. The van der Waals surface area contributed by atoms with Gasteiger partial charge in [0.2, 0.25) is 15.9 Å². The first kappa shape index (κ1) is 33.9. The Balaban J connectivity index is 1.02. The number of piperidine rings is 2. The molecule has 0 radical (unpaired) electrons. The number of benzene rings is 2. The van der Waals surface area contributed by atoms with Crippen LogP contribution in [-0.2, 0) is 20.4 Å². The number of halogens is 2. The Labute approximate surface area is 280 Å². The number of aryl methyl sites for hydroxylation is 2. The van der Waals surface area contributed by atoms with E-state index in [4.69, 9.17) is 11.6 Å². The van der Waals surface area contributed by atoms with Gasteiger partial charge in [0.25, 0.3) is 0 Å². The number of sulfonamides is 1. The van der Waals surface area contributed by atoms with Crippen LogP contribution < -0.4 is 0 Å². The molecule has 0 bridgehead atoms. The van der Waals surface area contributed by atoms with Gasteiger partial charge in [-0.05, 0) is 150 Å². The molecule has 0 N–H and O–H groups in total. The smallest absolute Gasteiger partial charge is 0.243 e. The van der Waals surface area contributed by atoms with Crippen LogP contribution in [0.25, 0.3) is 0 Å². The topological polar surface area (TPSA) is 60.9 Å². The lowest BCUT2D eigenvalue weighted by molar-refractivity contribution is -0.134. The third kappa shape index (κ3) is 6.79. The summed E-state index contributed by atoms with van der Waals surface area (Å²) in [4.78, 5) is 18.4. The average molecular weight is 672 g/mol. The normalized spacial score (nSPS) is 24.0. The maximum atomic E-state index is 14.3. The highest BCUT2D eigenvalue weighted by molar-refractivity contribution is 7.89. The zero-order valence-corrected chi connectivity index (χ0v) is 29.3. The predicted molar refractivity (Wildman–Crippen MR) is 182 cm³/mol. The van der Waals surface area contributed by atoms with E-state index in [1.165, 1.54) is 12.8 Å². The summed E-state index contributed by atoms with van der Waals surface area (Å²) in [6.07, 6.45) is 13.4. The molecule has 3 heterocycles. The van der Waals surface area contributed by atoms with Crippen LogP contribution in [0.4, 0.5) is 4.39 Å². The van der Waals surface area contributed by atoms with Crippen molar-refractivity contribution in [2.45, 2.75) is 120 Å². The van der Waals surface area contributed by atoms with E-state index < -0.39 is 10.0 Å². The molecular formula is C37H51ClFN3O3S. The second-order valence-electron chi connectivity index (χ2n) is 14.6. The summed E-state index contributed by atoms with van der Waals surface area (Å²) in [5.74, 6) is 0.0546. The maximum Gasteiger partial charge on any atom is 0.243 e. The number of carbonyl (C=O) groups excluding carboxylic acids is 1. The lowest BCUT2D eigenvalue weighted by Crippen LogP contribution is -2.51.